The molecule has 2 nitrogen and oxygen atoms in total. The molecular weight excluding hydrogens is 176 g/mol. The van der Waals surface area contributed by atoms with Crippen LogP contribution in [-0.4, -0.2) is 11.6 Å². The Hall–Kier alpha value is -1.44. The zero-order chi connectivity index (χ0) is 10.1. The third-order valence-corrected chi connectivity index (χ3v) is 2.79. The lowest BCUT2D eigenvalue weighted by Crippen LogP contribution is -2.27. The first-order valence-electron chi connectivity index (χ1n) is 4.82. The van der Waals surface area contributed by atoms with Crippen molar-refractivity contribution in [2.75, 3.05) is 0 Å². The van der Waals surface area contributed by atoms with E-state index in [1.807, 2.05) is 24.3 Å². The van der Waals surface area contributed by atoms with E-state index in [2.05, 4.69) is 0 Å². The maximum atomic E-state index is 11.8. The van der Waals surface area contributed by atoms with Crippen LogP contribution in [0, 0.1) is 5.92 Å². The second-order valence-electron chi connectivity index (χ2n) is 3.72. The van der Waals surface area contributed by atoms with Gasteiger partial charge in [-0.15, -0.1) is 0 Å². The normalized spacial score (nSPS) is 20.4. The lowest BCUT2D eigenvalue weighted by Gasteiger charge is -2.20. The van der Waals surface area contributed by atoms with E-state index in [1.165, 1.54) is 6.92 Å². The van der Waals surface area contributed by atoms with Crippen LogP contribution in [0.2, 0.25) is 0 Å². The zero-order valence-corrected chi connectivity index (χ0v) is 8.12. The monoisotopic (exact) mass is 188 g/mol. The molecule has 0 aliphatic heterocycles. The van der Waals surface area contributed by atoms with Gasteiger partial charge in [-0.3, -0.25) is 9.59 Å². The summed E-state index contributed by atoms with van der Waals surface area (Å²) >= 11 is 0. The van der Waals surface area contributed by atoms with Crippen molar-refractivity contribution in [2.45, 2.75) is 19.8 Å². The third kappa shape index (κ3) is 1.37. The van der Waals surface area contributed by atoms with Crippen molar-refractivity contribution in [3.63, 3.8) is 0 Å². The lowest BCUT2D eigenvalue weighted by molar-refractivity contribution is -0.119. The molecule has 0 saturated heterocycles. The molecule has 0 unspecified atom stereocenters. The van der Waals surface area contributed by atoms with Gasteiger partial charge in [0.25, 0.3) is 0 Å². The minimum atomic E-state index is -0.398. The van der Waals surface area contributed by atoms with Gasteiger partial charge in [0, 0.05) is 5.56 Å². The molecule has 0 aromatic heterocycles. The molecule has 0 heterocycles. The number of rotatable bonds is 1. The predicted molar refractivity (Wildman–Crippen MR) is 53.3 cm³/mol. The van der Waals surface area contributed by atoms with Gasteiger partial charge < -0.3 is 0 Å². The summed E-state index contributed by atoms with van der Waals surface area (Å²) in [6, 6.07) is 7.55. The van der Waals surface area contributed by atoms with Crippen LogP contribution >= 0.6 is 0 Å². The average molecular weight is 188 g/mol. The summed E-state index contributed by atoms with van der Waals surface area (Å²) in [6.45, 7) is 1.50. The summed E-state index contributed by atoms with van der Waals surface area (Å²) in [5.41, 5.74) is 1.81. The molecule has 1 aliphatic rings. The molecule has 2 heteroatoms. The molecule has 0 spiro atoms. The number of fused-ring (bicyclic) bond motifs is 1. The molecule has 1 aliphatic carbocycles. The maximum absolute atomic E-state index is 11.8. The fraction of sp³-hybridized carbons (Fsp3) is 0.333. The van der Waals surface area contributed by atoms with Gasteiger partial charge in [-0.25, -0.2) is 0 Å². The van der Waals surface area contributed by atoms with Crippen molar-refractivity contribution in [2.24, 2.45) is 5.92 Å². The molecule has 0 saturated carbocycles. The van der Waals surface area contributed by atoms with Gasteiger partial charge in [0.2, 0.25) is 0 Å². The minimum absolute atomic E-state index is 0.000602. The van der Waals surface area contributed by atoms with E-state index in [0.29, 0.717) is 6.42 Å². The number of hydrogen-bond donors (Lipinski definition) is 0. The molecule has 0 fully saturated rings. The van der Waals surface area contributed by atoms with E-state index in [9.17, 15) is 9.59 Å². The van der Waals surface area contributed by atoms with Crippen LogP contribution in [-0.2, 0) is 11.2 Å². The van der Waals surface area contributed by atoms with Gasteiger partial charge in [0.05, 0.1) is 5.92 Å². The van der Waals surface area contributed by atoms with Crippen molar-refractivity contribution in [3.05, 3.63) is 35.4 Å². The average Bonchev–Trinajstić information content (AvgIpc) is 2.18. The van der Waals surface area contributed by atoms with Gasteiger partial charge in [-0.2, -0.15) is 0 Å². The smallest absolute Gasteiger partial charge is 0.173 e. The quantitative estimate of drug-likeness (QED) is 0.632. The van der Waals surface area contributed by atoms with E-state index in [-0.39, 0.29) is 11.6 Å². The number of carbonyl (C=O) groups excluding carboxylic acids is 2. The molecule has 0 bridgehead atoms. The summed E-state index contributed by atoms with van der Waals surface area (Å²) < 4.78 is 0. The maximum Gasteiger partial charge on any atom is 0.173 e. The number of benzene rings is 1. The van der Waals surface area contributed by atoms with Crippen LogP contribution in [0.1, 0.15) is 29.3 Å². The van der Waals surface area contributed by atoms with Gasteiger partial charge in [-0.1, -0.05) is 24.3 Å². The SMILES string of the molecule is CC(=O)[C@@H]1CCc2ccccc2C1=O. The third-order valence-electron chi connectivity index (χ3n) is 2.79. The van der Waals surface area contributed by atoms with Crippen LogP contribution < -0.4 is 0 Å². The Morgan fingerprint density at radius 3 is 2.79 bits per heavy atom. The Morgan fingerprint density at radius 2 is 2.07 bits per heavy atom. The summed E-state index contributed by atoms with van der Waals surface area (Å²) in [5, 5.41) is 0. The Bertz CT molecular complexity index is 393. The highest BCUT2D eigenvalue weighted by Gasteiger charge is 2.29. The van der Waals surface area contributed by atoms with Crippen LogP contribution in [0.3, 0.4) is 0 Å². The molecule has 0 N–H and O–H groups in total. The van der Waals surface area contributed by atoms with Crippen LogP contribution in [0.25, 0.3) is 0 Å². The highest BCUT2D eigenvalue weighted by molar-refractivity contribution is 6.11. The first kappa shape index (κ1) is 9.13. The summed E-state index contributed by atoms with van der Waals surface area (Å²) in [5.74, 6) is -0.409. The molecule has 72 valence electrons. The largest absolute Gasteiger partial charge is 0.299 e. The number of hydrogen-bond acceptors (Lipinski definition) is 2. The summed E-state index contributed by atoms with van der Waals surface area (Å²) in [4.78, 5) is 23.0. The van der Waals surface area contributed by atoms with E-state index >= 15 is 0 Å². The highest BCUT2D eigenvalue weighted by Crippen LogP contribution is 2.25. The van der Waals surface area contributed by atoms with Gasteiger partial charge in [0.15, 0.2) is 5.78 Å². The molecule has 1 aromatic rings. The van der Waals surface area contributed by atoms with Crippen molar-refractivity contribution in [1.29, 1.82) is 0 Å². The predicted octanol–water partition coefficient (Wildman–Crippen LogP) is 2.02. The van der Waals surface area contributed by atoms with Gasteiger partial charge in [0.1, 0.15) is 5.78 Å². The molecule has 14 heavy (non-hydrogen) atoms. The van der Waals surface area contributed by atoms with Gasteiger partial charge >= 0.3 is 0 Å². The summed E-state index contributed by atoms with van der Waals surface area (Å²) in [6.07, 6.45) is 1.51. The molecule has 0 radical (unpaired) electrons. The summed E-state index contributed by atoms with van der Waals surface area (Å²) in [7, 11) is 0. The zero-order valence-electron chi connectivity index (χ0n) is 8.12. The fourth-order valence-corrected chi connectivity index (χ4v) is 1.99. The second kappa shape index (κ2) is 3.37. The van der Waals surface area contributed by atoms with E-state index in [0.717, 1.165) is 17.5 Å². The topological polar surface area (TPSA) is 34.1 Å². The highest BCUT2D eigenvalue weighted by atomic mass is 16.1. The number of ketones is 2. The van der Waals surface area contributed by atoms with Crippen LogP contribution in [0.15, 0.2) is 24.3 Å². The molecule has 1 aromatic carbocycles. The first-order valence-corrected chi connectivity index (χ1v) is 4.82. The van der Waals surface area contributed by atoms with Crippen LogP contribution in [0.5, 0.6) is 0 Å². The molecule has 2 rings (SSSR count). The Kier molecular flexibility index (Phi) is 2.20. The lowest BCUT2D eigenvalue weighted by atomic mass is 9.81. The van der Waals surface area contributed by atoms with Crippen molar-refractivity contribution in [1.82, 2.24) is 0 Å². The number of Topliss-reactive ketones (excluding diaryl/α,β-unsaturated/α-hetero) is 2. The van der Waals surface area contributed by atoms with E-state index in [4.69, 9.17) is 0 Å². The standard InChI is InChI=1S/C12H12O2/c1-8(13)10-7-6-9-4-2-3-5-11(9)12(10)14/h2-5,10H,6-7H2,1H3/t10-/m0/s1. The molecule has 1 atom stereocenters. The Morgan fingerprint density at radius 1 is 1.36 bits per heavy atom. The fourth-order valence-electron chi connectivity index (χ4n) is 1.99. The second-order valence-corrected chi connectivity index (χ2v) is 3.72. The van der Waals surface area contributed by atoms with Gasteiger partial charge in [-0.05, 0) is 25.3 Å². The van der Waals surface area contributed by atoms with Crippen molar-refractivity contribution in [3.8, 4) is 0 Å². The molecular formula is C12H12O2. The van der Waals surface area contributed by atoms with E-state index < -0.39 is 5.92 Å². The van der Waals surface area contributed by atoms with Crippen LogP contribution in [0.4, 0.5) is 0 Å². The molecule has 0 amide bonds. The number of carbonyl (C=O) groups is 2. The van der Waals surface area contributed by atoms with E-state index in [1.54, 1.807) is 0 Å². The Balaban J connectivity index is 2.41. The minimum Gasteiger partial charge on any atom is -0.299 e. The van der Waals surface area contributed by atoms with Crippen molar-refractivity contribution < 1.29 is 9.59 Å². The Labute approximate surface area is 82.9 Å². The first-order chi connectivity index (χ1) is 6.70. The van der Waals surface area contributed by atoms with Crippen molar-refractivity contribution >= 4 is 11.6 Å². The number of aryl methyl sites for hydroxylation is 1.